The number of nitrogens with one attached hydrogen (secondary N) is 1. The lowest BCUT2D eigenvalue weighted by Crippen LogP contribution is -2.34. The minimum atomic E-state index is -3.59. The van der Waals surface area contributed by atoms with Crippen LogP contribution >= 0.6 is 15.9 Å². The van der Waals surface area contributed by atoms with Gasteiger partial charge in [-0.1, -0.05) is 34.1 Å². The molecule has 1 unspecified atom stereocenters. The number of nitrogens with two attached hydrogens (primary N) is 1. The van der Waals surface area contributed by atoms with Crippen molar-refractivity contribution in [3.05, 3.63) is 28.7 Å². The lowest BCUT2D eigenvalue weighted by atomic mass is 10.2. The maximum absolute atomic E-state index is 11.9. The topological polar surface area (TPSA) is 105 Å². The number of oxime groups is 1. The fourth-order valence-corrected chi connectivity index (χ4v) is 2.88. The van der Waals surface area contributed by atoms with Crippen LogP contribution in [0.4, 0.5) is 0 Å². The van der Waals surface area contributed by atoms with E-state index in [0.717, 1.165) is 0 Å². The number of benzene rings is 1. The van der Waals surface area contributed by atoms with E-state index in [2.05, 4.69) is 25.8 Å². The van der Waals surface area contributed by atoms with Crippen LogP contribution in [-0.2, 0) is 10.0 Å². The van der Waals surface area contributed by atoms with Crippen LogP contribution in [0.3, 0.4) is 0 Å². The summed E-state index contributed by atoms with van der Waals surface area (Å²) in [6.07, 6.45) is 0. The fourth-order valence-electron chi connectivity index (χ4n) is 1.16. The summed E-state index contributed by atoms with van der Waals surface area (Å²) in [5, 5.41) is 11.3. The van der Waals surface area contributed by atoms with Gasteiger partial charge in [0.2, 0.25) is 10.0 Å². The molecule has 0 aromatic heterocycles. The molecule has 8 heteroatoms. The van der Waals surface area contributed by atoms with Crippen LogP contribution in [0.25, 0.3) is 0 Å². The van der Waals surface area contributed by atoms with Crippen LogP contribution in [0.2, 0.25) is 0 Å². The van der Waals surface area contributed by atoms with Crippen molar-refractivity contribution in [2.45, 2.75) is 11.8 Å². The minimum Gasteiger partial charge on any atom is -0.409 e. The normalized spacial score (nSPS) is 14.4. The monoisotopic (exact) mass is 335 g/mol. The van der Waals surface area contributed by atoms with E-state index in [-0.39, 0.29) is 17.3 Å². The summed E-state index contributed by atoms with van der Waals surface area (Å²) in [4.78, 5) is 0.156. The summed E-state index contributed by atoms with van der Waals surface area (Å²) >= 11 is 3.20. The second kappa shape index (κ2) is 6.17. The fraction of sp³-hybridized carbons (Fsp3) is 0.300. The molecule has 6 nitrogen and oxygen atoms in total. The number of hydrogen-bond acceptors (Lipinski definition) is 4. The molecule has 1 atom stereocenters. The van der Waals surface area contributed by atoms with Crippen LogP contribution in [0.1, 0.15) is 6.92 Å². The molecule has 0 radical (unpaired) electrons. The van der Waals surface area contributed by atoms with Crippen LogP contribution in [0, 0.1) is 5.92 Å². The Morgan fingerprint density at radius 2 is 2.28 bits per heavy atom. The summed E-state index contributed by atoms with van der Waals surface area (Å²) in [5.41, 5.74) is 5.37. The Labute approximate surface area is 114 Å². The average Bonchev–Trinajstić information content (AvgIpc) is 2.35. The molecule has 0 spiro atoms. The SMILES string of the molecule is CC(CNS(=O)(=O)c1cccc(Br)c1)C(N)=NO. The number of hydrogen-bond donors (Lipinski definition) is 3. The van der Waals surface area contributed by atoms with Crippen molar-refractivity contribution >= 4 is 31.8 Å². The van der Waals surface area contributed by atoms with E-state index < -0.39 is 15.9 Å². The third-order valence-corrected chi connectivity index (χ3v) is 4.22. The molecule has 4 N–H and O–H groups in total. The standard InChI is InChI=1S/C10H14BrN3O3S/c1-7(10(12)14-15)6-13-18(16,17)9-4-2-3-8(11)5-9/h2-5,7,13,15H,6H2,1H3,(H2,12,14). The molecule has 1 aromatic carbocycles. The lowest BCUT2D eigenvalue weighted by Gasteiger charge is -2.11. The molecule has 0 aliphatic carbocycles. The summed E-state index contributed by atoms with van der Waals surface area (Å²) in [5.74, 6) is -0.413. The van der Waals surface area contributed by atoms with Crippen molar-refractivity contribution < 1.29 is 13.6 Å². The maximum Gasteiger partial charge on any atom is 0.240 e. The van der Waals surface area contributed by atoms with Crippen molar-refractivity contribution in [1.29, 1.82) is 0 Å². The van der Waals surface area contributed by atoms with Crippen LogP contribution in [0.15, 0.2) is 38.8 Å². The van der Waals surface area contributed by atoms with Gasteiger partial charge in [-0.3, -0.25) is 0 Å². The van der Waals surface area contributed by atoms with E-state index in [9.17, 15) is 8.42 Å². The Balaban J connectivity index is 2.78. The Morgan fingerprint density at radius 1 is 1.61 bits per heavy atom. The van der Waals surface area contributed by atoms with Gasteiger partial charge in [-0.2, -0.15) is 0 Å². The highest BCUT2D eigenvalue weighted by Gasteiger charge is 2.16. The number of sulfonamides is 1. The van der Waals surface area contributed by atoms with Crippen LogP contribution in [-0.4, -0.2) is 26.0 Å². The quantitative estimate of drug-likeness (QED) is 0.324. The first-order valence-corrected chi connectivity index (χ1v) is 7.37. The van der Waals surface area contributed by atoms with Gasteiger partial charge in [-0.25, -0.2) is 13.1 Å². The third kappa shape index (κ3) is 3.97. The average molecular weight is 336 g/mol. The second-order valence-electron chi connectivity index (χ2n) is 3.74. The number of halogens is 1. The van der Waals surface area contributed by atoms with E-state index in [4.69, 9.17) is 10.9 Å². The van der Waals surface area contributed by atoms with E-state index in [0.29, 0.717) is 4.47 Å². The van der Waals surface area contributed by atoms with Gasteiger partial charge in [0, 0.05) is 16.9 Å². The van der Waals surface area contributed by atoms with Gasteiger partial charge in [0.05, 0.1) is 4.90 Å². The summed E-state index contributed by atoms with van der Waals surface area (Å²) in [6.45, 7) is 1.71. The van der Waals surface area contributed by atoms with Gasteiger partial charge in [0.25, 0.3) is 0 Å². The Hall–Kier alpha value is -1.12. The molecule has 1 aromatic rings. The van der Waals surface area contributed by atoms with Crippen LogP contribution in [0.5, 0.6) is 0 Å². The van der Waals surface area contributed by atoms with Gasteiger partial charge in [-0.05, 0) is 18.2 Å². The van der Waals surface area contributed by atoms with Gasteiger partial charge in [0.1, 0.15) is 5.84 Å². The molecular formula is C10H14BrN3O3S. The third-order valence-electron chi connectivity index (χ3n) is 2.31. The molecule has 0 bridgehead atoms. The van der Waals surface area contributed by atoms with Gasteiger partial charge >= 0.3 is 0 Å². The molecule has 0 aliphatic rings. The Kier molecular flexibility index (Phi) is 5.12. The number of amidine groups is 1. The zero-order chi connectivity index (χ0) is 13.8. The summed E-state index contributed by atoms with van der Waals surface area (Å²) < 4.78 is 26.9. The van der Waals surface area contributed by atoms with Gasteiger partial charge in [-0.15, -0.1) is 0 Å². The molecule has 100 valence electrons. The zero-order valence-electron chi connectivity index (χ0n) is 9.67. The molecule has 0 aliphatic heterocycles. The van der Waals surface area contributed by atoms with Crippen molar-refractivity contribution in [3.63, 3.8) is 0 Å². The van der Waals surface area contributed by atoms with Crippen molar-refractivity contribution in [3.8, 4) is 0 Å². The lowest BCUT2D eigenvalue weighted by molar-refractivity contribution is 0.314. The Morgan fingerprint density at radius 3 is 2.83 bits per heavy atom. The minimum absolute atomic E-state index is 0.0213. The molecule has 1 rings (SSSR count). The zero-order valence-corrected chi connectivity index (χ0v) is 12.1. The molecule has 18 heavy (non-hydrogen) atoms. The highest BCUT2D eigenvalue weighted by molar-refractivity contribution is 9.10. The van der Waals surface area contributed by atoms with E-state index in [1.807, 2.05) is 0 Å². The highest BCUT2D eigenvalue weighted by atomic mass is 79.9. The molecule has 0 saturated carbocycles. The highest BCUT2D eigenvalue weighted by Crippen LogP contribution is 2.15. The van der Waals surface area contributed by atoms with Crippen LogP contribution < -0.4 is 10.5 Å². The molecule has 0 fully saturated rings. The van der Waals surface area contributed by atoms with Crippen molar-refractivity contribution in [1.82, 2.24) is 4.72 Å². The predicted octanol–water partition coefficient (Wildman–Crippen LogP) is 1.11. The first-order valence-electron chi connectivity index (χ1n) is 5.09. The van der Waals surface area contributed by atoms with E-state index in [1.165, 1.54) is 12.1 Å². The smallest absolute Gasteiger partial charge is 0.240 e. The number of rotatable bonds is 5. The predicted molar refractivity (Wildman–Crippen MR) is 71.9 cm³/mol. The summed E-state index contributed by atoms with van der Waals surface area (Å²) in [6, 6.07) is 6.35. The van der Waals surface area contributed by atoms with Crippen molar-refractivity contribution in [2.75, 3.05) is 6.54 Å². The van der Waals surface area contributed by atoms with Crippen molar-refractivity contribution in [2.24, 2.45) is 16.8 Å². The molecule has 0 saturated heterocycles. The maximum atomic E-state index is 11.9. The van der Waals surface area contributed by atoms with E-state index >= 15 is 0 Å². The van der Waals surface area contributed by atoms with Gasteiger partial charge in [0.15, 0.2) is 0 Å². The molecular weight excluding hydrogens is 322 g/mol. The largest absolute Gasteiger partial charge is 0.409 e. The second-order valence-corrected chi connectivity index (χ2v) is 6.42. The molecule has 0 amide bonds. The number of nitrogens with zero attached hydrogens (tertiary/aromatic N) is 1. The molecule has 0 heterocycles. The first-order chi connectivity index (χ1) is 8.36. The Bertz CT molecular complexity index is 545. The summed E-state index contributed by atoms with van der Waals surface area (Å²) in [7, 11) is -3.59. The first kappa shape index (κ1) is 14.9. The van der Waals surface area contributed by atoms with E-state index in [1.54, 1.807) is 19.1 Å². The van der Waals surface area contributed by atoms with Gasteiger partial charge < -0.3 is 10.9 Å².